The molecule has 5 heteroatoms. The van der Waals surface area contributed by atoms with Crippen LogP contribution in [0.2, 0.25) is 0 Å². The lowest BCUT2D eigenvalue weighted by atomic mass is 10.0. The number of methoxy groups -OCH3 is 1. The molecule has 1 fully saturated rings. The van der Waals surface area contributed by atoms with Crippen molar-refractivity contribution in [3.8, 4) is 5.75 Å². The SMILES string of the molecule is COc1ccc(C)cc1C(C)NCC1CCCS1(=O)=O. The zero-order valence-electron chi connectivity index (χ0n) is 12.3. The maximum atomic E-state index is 11.8. The second kappa shape index (κ2) is 6.14. The molecule has 0 amide bonds. The molecule has 1 aromatic carbocycles. The molecule has 20 heavy (non-hydrogen) atoms. The molecule has 1 heterocycles. The summed E-state index contributed by atoms with van der Waals surface area (Å²) < 4.78 is 29.0. The highest BCUT2D eigenvalue weighted by Gasteiger charge is 2.31. The second-order valence-corrected chi connectivity index (χ2v) is 7.91. The Bertz CT molecular complexity index is 568. The third-order valence-corrected chi connectivity index (χ3v) is 6.24. The lowest BCUT2D eigenvalue weighted by Crippen LogP contribution is -2.32. The van der Waals surface area contributed by atoms with Gasteiger partial charge in [-0.05, 0) is 32.8 Å². The lowest BCUT2D eigenvalue weighted by Gasteiger charge is -2.20. The van der Waals surface area contributed by atoms with Crippen molar-refractivity contribution in [2.24, 2.45) is 0 Å². The Labute approximate surface area is 121 Å². The van der Waals surface area contributed by atoms with E-state index in [1.165, 1.54) is 5.56 Å². The van der Waals surface area contributed by atoms with Gasteiger partial charge in [-0.3, -0.25) is 0 Å². The van der Waals surface area contributed by atoms with Crippen LogP contribution in [0.15, 0.2) is 18.2 Å². The van der Waals surface area contributed by atoms with Crippen LogP contribution >= 0.6 is 0 Å². The van der Waals surface area contributed by atoms with Gasteiger partial charge in [0.2, 0.25) is 0 Å². The third-order valence-electron chi connectivity index (χ3n) is 3.97. The minimum absolute atomic E-state index is 0.0700. The molecule has 2 atom stereocenters. The quantitative estimate of drug-likeness (QED) is 0.905. The van der Waals surface area contributed by atoms with Crippen molar-refractivity contribution in [2.75, 3.05) is 19.4 Å². The van der Waals surface area contributed by atoms with Crippen LogP contribution in [0.1, 0.15) is 36.9 Å². The van der Waals surface area contributed by atoms with Crippen molar-refractivity contribution >= 4 is 9.84 Å². The van der Waals surface area contributed by atoms with Gasteiger partial charge in [0, 0.05) is 18.2 Å². The molecule has 1 aromatic rings. The molecule has 2 rings (SSSR count). The van der Waals surface area contributed by atoms with Gasteiger partial charge in [0.1, 0.15) is 5.75 Å². The Hall–Kier alpha value is -1.07. The van der Waals surface area contributed by atoms with E-state index in [9.17, 15) is 8.42 Å². The summed E-state index contributed by atoms with van der Waals surface area (Å²) in [4.78, 5) is 0. The van der Waals surface area contributed by atoms with Crippen LogP contribution in [0.3, 0.4) is 0 Å². The highest BCUT2D eigenvalue weighted by molar-refractivity contribution is 7.92. The van der Waals surface area contributed by atoms with Crippen molar-refractivity contribution in [3.63, 3.8) is 0 Å². The van der Waals surface area contributed by atoms with Gasteiger partial charge < -0.3 is 10.1 Å². The molecule has 0 radical (unpaired) electrons. The molecule has 1 saturated heterocycles. The Morgan fingerprint density at radius 2 is 2.20 bits per heavy atom. The fourth-order valence-electron chi connectivity index (χ4n) is 2.70. The normalized spacial score (nSPS) is 22.6. The van der Waals surface area contributed by atoms with E-state index in [2.05, 4.69) is 11.4 Å². The van der Waals surface area contributed by atoms with Gasteiger partial charge in [0.25, 0.3) is 0 Å². The predicted molar refractivity (Wildman–Crippen MR) is 81.0 cm³/mol. The Morgan fingerprint density at radius 3 is 2.80 bits per heavy atom. The first-order valence-electron chi connectivity index (χ1n) is 7.03. The zero-order valence-corrected chi connectivity index (χ0v) is 13.2. The molecule has 1 aliphatic rings. The van der Waals surface area contributed by atoms with Crippen LogP contribution < -0.4 is 10.1 Å². The monoisotopic (exact) mass is 297 g/mol. The maximum absolute atomic E-state index is 11.8. The topological polar surface area (TPSA) is 55.4 Å². The van der Waals surface area contributed by atoms with Gasteiger partial charge in [-0.25, -0.2) is 8.42 Å². The number of aryl methyl sites for hydroxylation is 1. The summed E-state index contributed by atoms with van der Waals surface area (Å²) in [6.07, 6.45) is 1.56. The van der Waals surface area contributed by atoms with Gasteiger partial charge in [0.15, 0.2) is 9.84 Å². The van der Waals surface area contributed by atoms with Crippen molar-refractivity contribution in [3.05, 3.63) is 29.3 Å². The zero-order chi connectivity index (χ0) is 14.8. The number of hydrogen-bond acceptors (Lipinski definition) is 4. The van der Waals surface area contributed by atoms with Gasteiger partial charge >= 0.3 is 0 Å². The standard InChI is InChI=1S/C15H23NO3S/c1-11-6-7-15(19-3)14(9-11)12(2)16-10-13-5-4-8-20(13,17)18/h6-7,9,12-13,16H,4-5,8,10H2,1-3H3. The first-order chi connectivity index (χ1) is 9.44. The van der Waals surface area contributed by atoms with Crippen LogP contribution in [0.4, 0.5) is 0 Å². The molecule has 1 aliphatic heterocycles. The highest BCUT2D eigenvalue weighted by Crippen LogP contribution is 2.27. The number of rotatable bonds is 5. The van der Waals surface area contributed by atoms with E-state index in [4.69, 9.17) is 4.74 Å². The van der Waals surface area contributed by atoms with Gasteiger partial charge in [-0.2, -0.15) is 0 Å². The molecule has 4 nitrogen and oxygen atoms in total. The van der Waals surface area contributed by atoms with E-state index >= 15 is 0 Å². The van der Waals surface area contributed by atoms with Crippen molar-refractivity contribution in [1.82, 2.24) is 5.32 Å². The number of sulfone groups is 1. The first kappa shape index (κ1) is 15.3. The number of ether oxygens (including phenoxy) is 1. The number of nitrogens with one attached hydrogen (secondary N) is 1. The summed E-state index contributed by atoms with van der Waals surface area (Å²) in [5.41, 5.74) is 2.24. The van der Waals surface area contributed by atoms with E-state index in [0.717, 1.165) is 24.2 Å². The largest absolute Gasteiger partial charge is 0.496 e. The summed E-state index contributed by atoms with van der Waals surface area (Å²) in [6, 6.07) is 6.12. The van der Waals surface area contributed by atoms with Crippen LogP contribution in [0, 0.1) is 6.92 Å². The van der Waals surface area contributed by atoms with E-state index < -0.39 is 9.84 Å². The van der Waals surface area contributed by atoms with Crippen LogP contribution in [-0.4, -0.2) is 33.1 Å². The minimum Gasteiger partial charge on any atom is -0.496 e. The molecule has 0 aromatic heterocycles. The van der Waals surface area contributed by atoms with Crippen LogP contribution in [0.5, 0.6) is 5.75 Å². The second-order valence-electron chi connectivity index (χ2n) is 5.51. The fourth-order valence-corrected chi connectivity index (χ4v) is 4.48. The van der Waals surface area contributed by atoms with Crippen molar-refractivity contribution < 1.29 is 13.2 Å². The Morgan fingerprint density at radius 1 is 1.45 bits per heavy atom. The fraction of sp³-hybridized carbons (Fsp3) is 0.600. The summed E-state index contributed by atoms with van der Waals surface area (Å²) in [5.74, 6) is 1.17. The molecule has 0 aliphatic carbocycles. The summed E-state index contributed by atoms with van der Waals surface area (Å²) in [5, 5.41) is 3.10. The van der Waals surface area contributed by atoms with Gasteiger partial charge in [0.05, 0.1) is 18.1 Å². The molecule has 0 bridgehead atoms. The van der Waals surface area contributed by atoms with E-state index in [0.29, 0.717) is 12.3 Å². The summed E-state index contributed by atoms with van der Waals surface area (Å²) >= 11 is 0. The molecule has 2 unspecified atom stereocenters. The molecule has 1 N–H and O–H groups in total. The third kappa shape index (κ3) is 3.33. The Kier molecular flexibility index (Phi) is 4.70. The molecule has 0 spiro atoms. The van der Waals surface area contributed by atoms with Gasteiger partial charge in [-0.1, -0.05) is 17.7 Å². The van der Waals surface area contributed by atoms with Crippen LogP contribution in [-0.2, 0) is 9.84 Å². The first-order valence-corrected chi connectivity index (χ1v) is 8.75. The van der Waals surface area contributed by atoms with Crippen molar-refractivity contribution in [2.45, 2.75) is 38.0 Å². The molecular weight excluding hydrogens is 274 g/mol. The average Bonchev–Trinajstić information content (AvgIpc) is 2.75. The molecule has 0 saturated carbocycles. The average molecular weight is 297 g/mol. The molecular formula is C15H23NO3S. The Balaban J connectivity index is 2.05. The van der Waals surface area contributed by atoms with E-state index in [1.807, 2.05) is 26.0 Å². The number of hydrogen-bond donors (Lipinski definition) is 1. The number of benzene rings is 1. The predicted octanol–water partition coefficient (Wildman–Crippen LogP) is 2.23. The lowest BCUT2D eigenvalue weighted by molar-refractivity contribution is 0.401. The smallest absolute Gasteiger partial charge is 0.154 e. The van der Waals surface area contributed by atoms with Crippen LogP contribution in [0.25, 0.3) is 0 Å². The van der Waals surface area contributed by atoms with Crippen molar-refractivity contribution in [1.29, 1.82) is 0 Å². The van der Waals surface area contributed by atoms with Gasteiger partial charge in [-0.15, -0.1) is 0 Å². The summed E-state index contributed by atoms with van der Waals surface area (Å²) in [7, 11) is -1.23. The maximum Gasteiger partial charge on any atom is 0.154 e. The van der Waals surface area contributed by atoms with E-state index in [1.54, 1.807) is 7.11 Å². The highest BCUT2D eigenvalue weighted by atomic mass is 32.2. The minimum atomic E-state index is -2.88. The van der Waals surface area contributed by atoms with E-state index in [-0.39, 0.29) is 11.3 Å². The summed E-state index contributed by atoms with van der Waals surface area (Å²) in [6.45, 7) is 4.59. The molecule has 112 valence electrons.